The number of rotatable bonds is 6. The maximum absolute atomic E-state index is 12.0. The minimum atomic E-state index is -0.148. The highest BCUT2D eigenvalue weighted by atomic mass is 16.5. The molecule has 0 spiro atoms. The molecule has 1 N–H and O–H groups in total. The lowest BCUT2D eigenvalue weighted by molar-refractivity contribution is -0.144. The fourth-order valence-electron chi connectivity index (χ4n) is 3.24. The Kier molecular flexibility index (Phi) is 7.57. The van der Waals surface area contributed by atoms with Crippen molar-refractivity contribution in [3.8, 4) is 0 Å². The van der Waals surface area contributed by atoms with Crippen LogP contribution in [0, 0.1) is 17.8 Å². The van der Waals surface area contributed by atoms with E-state index in [9.17, 15) is 4.79 Å². The van der Waals surface area contributed by atoms with Crippen LogP contribution in [0.2, 0.25) is 0 Å². The van der Waals surface area contributed by atoms with Crippen molar-refractivity contribution >= 4 is 5.97 Å². The van der Waals surface area contributed by atoms with E-state index < -0.39 is 0 Å². The van der Waals surface area contributed by atoms with E-state index in [0.29, 0.717) is 12.0 Å². The van der Waals surface area contributed by atoms with Crippen molar-refractivity contribution in [1.82, 2.24) is 5.32 Å². The van der Waals surface area contributed by atoms with Crippen LogP contribution >= 0.6 is 0 Å². The molecular weight excluding hydrogens is 250 g/mol. The van der Waals surface area contributed by atoms with Gasteiger partial charge >= 0.3 is 5.97 Å². The van der Waals surface area contributed by atoms with Crippen LogP contribution in [0.15, 0.2) is 0 Å². The zero-order valence-electron chi connectivity index (χ0n) is 13.9. The first-order chi connectivity index (χ1) is 9.49. The first-order valence-electron chi connectivity index (χ1n) is 8.33. The van der Waals surface area contributed by atoms with Crippen LogP contribution in [0.1, 0.15) is 66.2 Å². The van der Waals surface area contributed by atoms with Gasteiger partial charge in [-0.15, -0.1) is 0 Å². The maximum atomic E-state index is 12.0. The van der Waals surface area contributed by atoms with Crippen molar-refractivity contribution in [3.63, 3.8) is 0 Å². The summed E-state index contributed by atoms with van der Waals surface area (Å²) >= 11 is 0. The van der Waals surface area contributed by atoms with Gasteiger partial charge in [-0.05, 0) is 37.0 Å². The topological polar surface area (TPSA) is 38.3 Å². The summed E-state index contributed by atoms with van der Waals surface area (Å²) in [6.07, 6.45) is 7.26. The molecule has 1 fully saturated rings. The van der Waals surface area contributed by atoms with E-state index in [-0.39, 0.29) is 12.0 Å². The average molecular weight is 283 g/mol. The van der Waals surface area contributed by atoms with Gasteiger partial charge in [0.25, 0.3) is 0 Å². The van der Waals surface area contributed by atoms with E-state index in [1.54, 1.807) is 0 Å². The van der Waals surface area contributed by atoms with Gasteiger partial charge < -0.3 is 10.1 Å². The predicted molar refractivity (Wildman–Crippen MR) is 83.6 cm³/mol. The Morgan fingerprint density at radius 3 is 2.45 bits per heavy atom. The van der Waals surface area contributed by atoms with Gasteiger partial charge in [0.15, 0.2) is 0 Å². The molecule has 0 saturated heterocycles. The lowest BCUT2D eigenvalue weighted by Gasteiger charge is -2.27. The molecule has 0 bridgehead atoms. The van der Waals surface area contributed by atoms with Gasteiger partial charge in [0.2, 0.25) is 0 Å². The molecule has 118 valence electrons. The molecule has 4 atom stereocenters. The first-order valence-corrected chi connectivity index (χ1v) is 8.33. The third-order valence-electron chi connectivity index (χ3n) is 5.04. The normalized spacial score (nSPS) is 26.9. The van der Waals surface area contributed by atoms with Gasteiger partial charge in [0.05, 0.1) is 7.11 Å². The SMILES string of the molecule is CCC(C)C(NC1CCCC(C(C)C)CC1)C(=O)OC. The van der Waals surface area contributed by atoms with Crippen LogP contribution in [0.3, 0.4) is 0 Å². The fraction of sp³-hybridized carbons (Fsp3) is 0.941. The maximum Gasteiger partial charge on any atom is 0.323 e. The Labute approximate surface area is 124 Å². The Bertz CT molecular complexity index is 291. The highest BCUT2D eigenvalue weighted by molar-refractivity contribution is 5.76. The molecule has 0 heterocycles. The molecule has 3 heteroatoms. The highest BCUT2D eigenvalue weighted by Gasteiger charge is 2.29. The zero-order chi connectivity index (χ0) is 15.1. The molecule has 1 rings (SSSR count). The van der Waals surface area contributed by atoms with Crippen LogP contribution < -0.4 is 5.32 Å². The monoisotopic (exact) mass is 283 g/mol. The van der Waals surface area contributed by atoms with E-state index in [1.807, 2.05) is 0 Å². The quantitative estimate of drug-likeness (QED) is 0.595. The van der Waals surface area contributed by atoms with Crippen molar-refractivity contribution in [2.24, 2.45) is 17.8 Å². The Morgan fingerprint density at radius 2 is 1.90 bits per heavy atom. The number of esters is 1. The molecule has 1 aliphatic carbocycles. The van der Waals surface area contributed by atoms with E-state index in [2.05, 4.69) is 33.0 Å². The second-order valence-corrected chi connectivity index (χ2v) is 6.76. The summed E-state index contributed by atoms with van der Waals surface area (Å²) in [5, 5.41) is 3.58. The van der Waals surface area contributed by atoms with E-state index in [1.165, 1.54) is 39.2 Å². The standard InChI is InChI=1S/C17H33NO2/c1-6-13(4)16(17(19)20-5)18-15-9-7-8-14(10-11-15)12(2)3/h12-16,18H,6-11H2,1-5H3. The Hall–Kier alpha value is -0.570. The van der Waals surface area contributed by atoms with Gasteiger partial charge in [-0.1, -0.05) is 47.0 Å². The average Bonchev–Trinajstić information content (AvgIpc) is 2.68. The third-order valence-corrected chi connectivity index (χ3v) is 5.04. The summed E-state index contributed by atoms with van der Waals surface area (Å²) in [6, 6.07) is 0.322. The number of ether oxygens (including phenoxy) is 1. The van der Waals surface area contributed by atoms with Crippen molar-refractivity contribution in [1.29, 1.82) is 0 Å². The highest BCUT2D eigenvalue weighted by Crippen LogP contribution is 2.29. The van der Waals surface area contributed by atoms with Gasteiger partial charge in [-0.2, -0.15) is 0 Å². The van der Waals surface area contributed by atoms with Crippen LogP contribution in [-0.4, -0.2) is 25.2 Å². The lowest BCUT2D eigenvalue weighted by Crippen LogP contribution is -2.47. The molecule has 0 aliphatic heterocycles. The summed E-state index contributed by atoms with van der Waals surface area (Å²) in [4.78, 5) is 12.0. The molecule has 0 aromatic carbocycles. The number of hydrogen-bond donors (Lipinski definition) is 1. The van der Waals surface area contributed by atoms with Crippen molar-refractivity contribution in [2.75, 3.05) is 7.11 Å². The molecule has 0 aromatic heterocycles. The number of hydrogen-bond acceptors (Lipinski definition) is 3. The summed E-state index contributed by atoms with van der Waals surface area (Å²) in [6.45, 7) is 8.91. The van der Waals surface area contributed by atoms with E-state index >= 15 is 0 Å². The van der Waals surface area contributed by atoms with Crippen LogP contribution in [0.25, 0.3) is 0 Å². The Balaban J connectivity index is 2.58. The van der Waals surface area contributed by atoms with E-state index in [4.69, 9.17) is 4.74 Å². The van der Waals surface area contributed by atoms with Gasteiger partial charge in [0.1, 0.15) is 6.04 Å². The largest absolute Gasteiger partial charge is 0.468 e. The molecule has 3 nitrogen and oxygen atoms in total. The molecule has 0 radical (unpaired) electrons. The summed E-state index contributed by atoms with van der Waals surface area (Å²) in [5.74, 6) is 1.84. The molecule has 0 amide bonds. The summed E-state index contributed by atoms with van der Waals surface area (Å²) in [5.41, 5.74) is 0. The van der Waals surface area contributed by atoms with Gasteiger partial charge in [-0.25, -0.2) is 0 Å². The smallest absolute Gasteiger partial charge is 0.323 e. The minimum absolute atomic E-state index is 0.107. The molecule has 1 saturated carbocycles. The molecule has 1 aliphatic rings. The summed E-state index contributed by atoms with van der Waals surface area (Å²) in [7, 11) is 1.49. The Morgan fingerprint density at radius 1 is 1.20 bits per heavy atom. The van der Waals surface area contributed by atoms with Crippen LogP contribution in [0.4, 0.5) is 0 Å². The first kappa shape index (κ1) is 17.5. The fourth-order valence-corrected chi connectivity index (χ4v) is 3.24. The molecular formula is C17H33NO2. The number of carbonyl (C=O) groups is 1. The van der Waals surface area contributed by atoms with Crippen molar-refractivity contribution in [2.45, 2.75) is 78.3 Å². The number of methoxy groups -OCH3 is 1. The second kappa shape index (κ2) is 8.66. The number of carbonyl (C=O) groups excluding carboxylic acids is 1. The van der Waals surface area contributed by atoms with Gasteiger partial charge in [-0.3, -0.25) is 4.79 Å². The van der Waals surface area contributed by atoms with Crippen molar-refractivity contribution < 1.29 is 9.53 Å². The molecule has 20 heavy (non-hydrogen) atoms. The van der Waals surface area contributed by atoms with Crippen LogP contribution in [0.5, 0.6) is 0 Å². The summed E-state index contributed by atoms with van der Waals surface area (Å²) < 4.78 is 4.97. The zero-order valence-corrected chi connectivity index (χ0v) is 13.9. The predicted octanol–water partition coefficient (Wildman–Crippen LogP) is 3.77. The van der Waals surface area contributed by atoms with E-state index in [0.717, 1.165) is 18.3 Å². The number of nitrogens with one attached hydrogen (secondary N) is 1. The lowest BCUT2D eigenvalue weighted by atomic mass is 9.89. The third kappa shape index (κ3) is 5.08. The second-order valence-electron chi connectivity index (χ2n) is 6.76. The molecule has 0 aromatic rings. The van der Waals surface area contributed by atoms with Crippen LogP contribution in [-0.2, 0) is 9.53 Å². The minimum Gasteiger partial charge on any atom is -0.468 e. The van der Waals surface area contributed by atoms with Crippen molar-refractivity contribution in [3.05, 3.63) is 0 Å². The molecule has 4 unspecified atom stereocenters. The van der Waals surface area contributed by atoms with Gasteiger partial charge in [0, 0.05) is 6.04 Å².